The summed E-state index contributed by atoms with van der Waals surface area (Å²) in [6.07, 6.45) is 1.40. The van der Waals surface area contributed by atoms with Crippen LogP contribution in [-0.2, 0) is 11.2 Å². The van der Waals surface area contributed by atoms with Crippen molar-refractivity contribution >= 4 is 5.97 Å². The van der Waals surface area contributed by atoms with Gasteiger partial charge in [0.1, 0.15) is 5.82 Å². The van der Waals surface area contributed by atoms with E-state index >= 15 is 0 Å². The van der Waals surface area contributed by atoms with Crippen molar-refractivity contribution in [3.8, 4) is 0 Å². The van der Waals surface area contributed by atoms with Crippen molar-refractivity contribution in [2.24, 2.45) is 0 Å². The standard InChI is InChI=1S/C8H10N2O2.K/c1-5-7(3-8(11)12)4-9-6(2)10-5;/h4H,3H2,1-2H3,(H,11,12);/q;+1/p-1. The normalized spacial score (nSPS) is 9.08. The largest absolute Gasteiger partial charge is 1.00 e. The van der Waals surface area contributed by atoms with Gasteiger partial charge in [0, 0.05) is 24.3 Å². The molecule has 0 fully saturated rings. The molecule has 0 atom stereocenters. The molecule has 1 aromatic rings. The third-order valence-corrected chi connectivity index (χ3v) is 1.54. The molecule has 64 valence electrons. The molecule has 0 radical (unpaired) electrons. The predicted molar refractivity (Wildman–Crippen MR) is 40.2 cm³/mol. The number of aryl methyl sites for hydroxylation is 2. The monoisotopic (exact) mass is 204 g/mol. The van der Waals surface area contributed by atoms with E-state index in [1.165, 1.54) is 6.20 Å². The van der Waals surface area contributed by atoms with E-state index in [4.69, 9.17) is 0 Å². The van der Waals surface area contributed by atoms with Crippen molar-refractivity contribution in [1.82, 2.24) is 9.97 Å². The second-order valence-electron chi connectivity index (χ2n) is 2.58. The van der Waals surface area contributed by atoms with E-state index in [2.05, 4.69) is 9.97 Å². The number of nitrogens with zero attached hydrogens (tertiary/aromatic N) is 2. The molecule has 0 bridgehead atoms. The number of hydrogen-bond acceptors (Lipinski definition) is 4. The summed E-state index contributed by atoms with van der Waals surface area (Å²) < 4.78 is 0. The van der Waals surface area contributed by atoms with Gasteiger partial charge in [0.05, 0.1) is 0 Å². The predicted octanol–water partition coefficient (Wildman–Crippen LogP) is -3.61. The Bertz CT molecular complexity index is 315. The van der Waals surface area contributed by atoms with Crippen molar-refractivity contribution in [1.29, 1.82) is 0 Å². The van der Waals surface area contributed by atoms with Crippen LogP contribution in [0.5, 0.6) is 0 Å². The molecule has 13 heavy (non-hydrogen) atoms. The molecule has 0 unspecified atom stereocenters. The van der Waals surface area contributed by atoms with Crippen LogP contribution in [0.3, 0.4) is 0 Å². The van der Waals surface area contributed by atoms with Gasteiger partial charge >= 0.3 is 51.4 Å². The van der Waals surface area contributed by atoms with Gasteiger partial charge in [0.15, 0.2) is 0 Å². The van der Waals surface area contributed by atoms with Gasteiger partial charge in [-0.05, 0) is 19.4 Å². The van der Waals surface area contributed by atoms with Crippen molar-refractivity contribution < 1.29 is 61.3 Å². The Balaban J connectivity index is 0.00000144. The molecule has 1 aromatic heterocycles. The molecule has 0 aromatic carbocycles. The second kappa shape index (κ2) is 5.82. The first-order valence-electron chi connectivity index (χ1n) is 3.58. The van der Waals surface area contributed by atoms with Gasteiger partial charge in [-0.25, -0.2) is 9.97 Å². The first-order valence-corrected chi connectivity index (χ1v) is 3.58. The van der Waals surface area contributed by atoms with E-state index < -0.39 is 5.97 Å². The zero-order valence-corrected chi connectivity index (χ0v) is 11.1. The molecule has 0 aliphatic rings. The zero-order chi connectivity index (χ0) is 9.14. The fraction of sp³-hybridized carbons (Fsp3) is 0.375. The van der Waals surface area contributed by atoms with Gasteiger partial charge in [-0.15, -0.1) is 0 Å². The number of carbonyl (C=O) groups excluding carboxylic acids is 1. The minimum atomic E-state index is -1.11. The number of carboxylic acid groups (broad SMARTS) is 1. The van der Waals surface area contributed by atoms with E-state index in [1.54, 1.807) is 13.8 Å². The zero-order valence-electron chi connectivity index (χ0n) is 8.00. The smallest absolute Gasteiger partial charge is 0.550 e. The van der Waals surface area contributed by atoms with Crippen LogP contribution in [0.4, 0.5) is 0 Å². The van der Waals surface area contributed by atoms with Gasteiger partial charge in [0.2, 0.25) is 0 Å². The number of carboxylic acids is 1. The molecule has 5 heteroatoms. The maximum Gasteiger partial charge on any atom is 1.00 e. The van der Waals surface area contributed by atoms with Gasteiger partial charge in [-0.3, -0.25) is 0 Å². The van der Waals surface area contributed by atoms with E-state index in [0.29, 0.717) is 17.1 Å². The molecular weight excluding hydrogens is 195 g/mol. The van der Waals surface area contributed by atoms with E-state index in [0.717, 1.165) is 0 Å². The SMILES string of the molecule is Cc1ncc(CC(=O)[O-])c(C)n1.[K+]. The molecule has 0 saturated carbocycles. The van der Waals surface area contributed by atoms with Crippen LogP contribution in [-0.4, -0.2) is 15.9 Å². The number of hydrogen-bond donors (Lipinski definition) is 0. The fourth-order valence-corrected chi connectivity index (χ4v) is 0.937. The molecule has 0 spiro atoms. The third-order valence-electron chi connectivity index (χ3n) is 1.54. The Hall–Kier alpha value is 0.186. The Morgan fingerprint density at radius 1 is 1.54 bits per heavy atom. The summed E-state index contributed by atoms with van der Waals surface area (Å²) in [5, 5.41) is 10.2. The quantitative estimate of drug-likeness (QED) is 0.467. The minimum Gasteiger partial charge on any atom is -0.550 e. The molecule has 1 heterocycles. The van der Waals surface area contributed by atoms with Gasteiger partial charge in [-0.2, -0.15) is 0 Å². The maximum atomic E-state index is 10.2. The Kier molecular flexibility index (Phi) is 5.90. The molecule has 0 aliphatic carbocycles. The Labute approximate surface area is 119 Å². The molecule has 1 rings (SSSR count). The summed E-state index contributed by atoms with van der Waals surface area (Å²) in [5.41, 5.74) is 1.31. The summed E-state index contributed by atoms with van der Waals surface area (Å²) >= 11 is 0. The Morgan fingerprint density at radius 2 is 2.15 bits per heavy atom. The minimum absolute atomic E-state index is 0. The summed E-state index contributed by atoms with van der Waals surface area (Å²) in [6, 6.07) is 0. The average molecular weight is 204 g/mol. The summed E-state index contributed by atoms with van der Waals surface area (Å²) in [6.45, 7) is 3.52. The third kappa shape index (κ3) is 4.28. The number of rotatable bonds is 2. The topological polar surface area (TPSA) is 65.9 Å². The number of carbonyl (C=O) groups is 1. The molecule has 0 aliphatic heterocycles. The summed E-state index contributed by atoms with van der Waals surface area (Å²) in [5.74, 6) is -0.458. The first kappa shape index (κ1) is 13.2. The van der Waals surface area contributed by atoms with Gasteiger partial charge in [-0.1, -0.05) is 0 Å². The average Bonchev–Trinajstić information content (AvgIpc) is 1.94. The van der Waals surface area contributed by atoms with Crippen LogP contribution < -0.4 is 56.5 Å². The van der Waals surface area contributed by atoms with Gasteiger partial charge < -0.3 is 9.90 Å². The first-order chi connectivity index (χ1) is 5.59. The van der Waals surface area contributed by atoms with Gasteiger partial charge in [0.25, 0.3) is 0 Å². The van der Waals surface area contributed by atoms with E-state index in [-0.39, 0.29) is 57.8 Å². The molecular formula is C8H9KN2O2. The Morgan fingerprint density at radius 3 is 2.62 bits per heavy atom. The van der Waals surface area contributed by atoms with Crippen LogP contribution in [0.15, 0.2) is 6.20 Å². The van der Waals surface area contributed by atoms with Crippen LogP contribution >= 0.6 is 0 Å². The van der Waals surface area contributed by atoms with Crippen LogP contribution in [0, 0.1) is 13.8 Å². The van der Waals surface area contributed by atoms with Crippen LogP contribution in [0.25, 0.3) is 0 Å². The van der Waals surface area contributed by atoms with Crippen molar-refractivity contribution in [3.63, 3.8) is 0 Å². The van der Waals surface area contributed by atoms with E-state index in [9.17, 15) is 9.90 Å². The van der Waals surface area contributed by atoms with Crippen molar-refractivity contribution in [3.05, 3.63) is 23.3 Å². The van der Waals surface area contributed by atoms with Crippen LogP contribution in [0.1, 0.15) is 17.1 Å². The fourth-order valence-electron chi connectivity index (χ4n) is 0.937. The van der Waals surface area contributed by atoms with Crippen molar-refractivity contribution in [2.75, 3.05) is 0 Å². The van der Waals surface area contributed by atoms with Crippen molar-refractivity contribution in [2.45, 2.75) is 20.3 Å². The van der Waals surface area contributed by atoms with Crippen LogP contribution in [0.2, 0.25) is 0 Å². The maximum absolute atomic E-state index is 10.2. The number of aliphatic carboxylic acids is 1. The molecule has 0 saturated heterocycles. The molecule has 4 nitrogen and oxygen atoms in total. The van der Waals surface area contributed by atoms with E-state index in [1.807, 2.05) is 0 Å². The summed E-state index contributed by atoms with van der Waals surface area (Å²) in [7, 11) is 0. The summed E-state index contributed by atoms with van der Waals surface area (Å²) in [4.78, 5) is 18.2. The second-order valence-corrected chi connectivity index (χ2v) is 2.58. The number of aromatic nitrogens is 2. The molecule has 0 amide bonds. The molecule has 0 N–H and O–H groups in total.